The Morgan fingerprint density at radius 3 is 2.55 bits per heavy atom. The van der Waals surface area contributed by atoms with Gasteiger partial charge in [0.25, 0.3) is 11.4 Å². The third-order valence-electron chi connectivity index (χ3n) is 1.07. The van der Waals surface area contributed by atoms with Gasteiger partial charge in [0.2, 0.25) is 0 Å². The summed E-state index contributed by atoms with van der Waals surface area (Å²) in [5, 5.41) is 0. The number of nitrogens with one attached hydrogen (secondary N) is 2. The van der Waals surface area contributed by atoms with Gasteiger partial charge in [-0.05, 0) is 0 Å². The maximum Gasteiger partial charge on any atom is 0.398 e. The molecule has 0 bridgehead atoms. The quantitative estimate of drug-likeness (QED) is 0.424. The van der Waals surface area contributed by atoms with Crippen LogP contribution in [0.1, 0.15) is 0 Å². The Kier molecular flexibility index (Phi) is 1.48. The topological polar surface area (TPSA) is 96.1 Å². The summed E-state index contributed by atoms with van der Waals surface area (Å²) in [6.07, 6.45) is 0. The highest BCUT2D eigenvalue weighted by Crippen LogP contribution is 2.08. The van der Waals surface area contributed by atoms with Crippen LogP contribution in [0.25, 0.3) is 4.85 Å². The molecule has 4 N–H and O–H groups in total. The lowest BCUT2D eigenvalue weighted by atomic mass is 10.5. The summed E-state index contributed by atoms with van der Waals surface area (Å²) in [5.41, 5.74) is 3.41. The maximum absolute atomic E-state index is 10.7. The molecule has 0 fully saturated rings. The van der Waals surface area contributed by atoms with E-state index in [1.165, 1.54) is 0 Å². The SMILES string of the molecule is [C-]#[N+]c1[nH]c(=O)[nH]c(=O)c1N. The molecule has 0 aliphatic heterocycles. The van der Waals surface area contributed by atoms with Crippen molar-refractivity contribution in [2.75, 3.05) is 5.73 Å². The highest BCUT2D eigenvalue weighted by molar-refractivity contribution is 5.59. The molecule has 1 aromatic heterocycles. The Labute approximate surface area is 60.5 Å². The Morgan fingerprint density at radius 1 is 1.36 bits per heavy atom. The van der Waals surface area contributed by atoms with Gasteiger partial charge in [0.1, 0.15) is 5.69 Å². The fourth-order valence-corrected chi connectivity index (χ4v) is 0.572. The number of nitrogen functional groups attached to an aromatic ring is 1. The van der Waals surface area contributed by atoms with Crippen LogP contribution >= 0.6 is 0 Å². The number of rotatable bonds is 0. The van der Waals surface area contributed by atoms with Crippen LogP contribution in [-0.4, -0.2) is 9.97 Å². The zero-order valence-electron chi connectivity index (χ0n) is 5.34. The van der Waals surface area contributed by atoms with Crippen molar-refractivity contribution in [2.45, 2.75) is 0 Å². The maximum atomic E-state index is 10.7. The summed E-state index contributed by atoms with van der Waals surface area (Å²) >= 11 is 0. The van der Waals surface area contributed by atoms with Crippen LogP contribution in [0.15, 0.2) is 9.59 Å². The van der Waals surface area contributed by atoms with E-state index in [4.69, 9.17) is 12.3 Å². The molecule has 11 heavy (non-hydrogen) atoms. The summed E-state index contributed by atoms with van der Waals surface area (Å²) in [6, 6.07) is 0. The molecular formula is C5H4N4O2. The van der Waals surface area contributed by atoms with E-state index in [9.17, 15) is 9.59 Å². The predicted octanol–water partition coefficient (Wildman–Crippen LogP) is -0.804. The normalized spacial score (nSPS) is 9.00. The number of nitrogens with zero attached hydrogens (tertiary/aromatic N) is 1. The summed E-state index contributed by atoms with van der Waals surface area (Å²) in [7, 11) is 0. The molecule has 0 radical (unpaired) electrons. The number of aromatic nitrogens is 2. The van der Waals surface area contributed by atoms with Crippen LogP contribution in [0.2, 0.25) is 0 Å². The van der Waals surface area contributed by atoms with Crippen molar-refractivity contribution < 1.29 is 0 Å². The molecule has 6 heteroatoms. The van der Waals surface area contributed by atoms with Crippen molar-refractivity contribution >= 4 is 11.5 Å². The fourth-order valence-electron chi connectivity index (χ4n) is 0.572. The van der Waals surface area contributed by atoms with Crippen molar-refractivity contribution in [1.82, 2.24) is 9.97 Å². The first-order chi connectivity index (χ1) is 5.15. The lowest BCUT2D eigenvalue weighted by Crippen LogP contribution is -2.23. The van der Waals surface area contributed by atoms with E-state index < -0.39 is 11.2 Å². The first-order valence-corrected chi connectivity index (χ1v) is 2.64. The molecule has 6 nitrogen and oxygen atoms in total. The van der Waals surface area contributed by atoms with Gasteiger partial charge in [0, 0.05) is 0 Å². The van der Waals surface area contributed by atoms with E-state index in [2.05, 4.69) is 9.83 Å². The molecule has 0 atom stereocenters. The standard InChI is InChI=1S/C5H4N4O2/c1-7-3-2(6)4(10)9-5(11)8-3/h6H2,(H2,8,9,10,11). The third-order valence-corrected chi connectivity index (χ3v) is 1.07. The first kappa shape index (κ1) is 7.08. The van der Waals surface area contributed by atoms with Crippen molar-refractivity contribution in [2.24, 2.45) is 0 Å². The van der Waals surface area contributed by atoms with E-state index in [0.717, 1.165) is 0 Å². The molecule has 0 aliphatic rings. The van der Waals surface area contributed by atoms with Crippen LogP contribution in [0, 0.1) is 6.57 Å². The second-order valence-corrected chi connectivity index (χ2v) is 1.78. The molecule has 0 aliphatic carbocycles. The largest absolute Gasteiger partial charge is 0.402 e. The van der Waals surface area contributed by atoms with E-state index in [1.807, 2.05) is 4.98 Å². The van der Waals surface area contributed by atoms with Gasteiger partial charge in [-0.1, -0.05) is 6.57 Å². The number of hydrogen-bond acceptors (Lipinski definition) is 3. The second kappa shape index (κ2) is 2.30. The number of aromatic amines is 2. The molecule has 0 spiro atoms. The van der Waals surface area contributed by atoms with Crippen LogP contribution in [0.4, 0.5) is 11.5 Å². The van der Waals surface area contributed by atoms with Crippen molar-refractivity contribution in [1.29, 1.82) is 0 Å². The molecule has 1 heterocycles. The van der Waals surface area contributed by atoms with Crippen molar-refractivity contribution in [3.63, 3.8) is 0 Å². The van der Waals surface area contributed by atoms with Gasteiger partial charge in [-0.15, -0.1) is 0 Å². The average Bonchev–Trinajstić information content (AvgIpc) is 1.96. The lowest BCUT2D eigenvalue weighted by Gasteiger charge is -1.92. The molecule has 1 rings (SSSR count). The highest BCUT2D eigenvalue weighted by atomic mass is 16.2. The fraction of sp³-hybridized carbons (Fsp3) is 0. The van der Waals surface area contributed by atoms with Gasteiger partial charge >= 0.3 is 5.69 Å². The van der Waals surface area contributed by atoms with Gasteiger partial charge < -0.3 is 10.6 Å². The smallest absolute Gasteiger partial charge is 0.398 e. The van der Waals surface area contributed by atoms with Crippen LogP contribution in [-0.2, 0) is 0 Å². The average molecular weight is 152 g/mol. The first-order valence-electron chi connectivity index (χ1n) is 2.64. The van der Waals surface area contributed by atoms with E-state index in [1.54, 1.807) is 0 Å². The van der Waals surface area contributed by atoms with Gasteiger partial charge in [0.15, 0.2) is 0 Å². The van der Waals surface area contributed by atoms with E-state index in [-0.39, 0.29) is 11.5 Å². The zero-order valence-corrected chi connectivity index (χ0v) is 5.34. The second-order valence-electron chi connectivity index (χ2n) is 1.78. The molecular weight excluding hydrogens is 148 g/mol. The van der Waals surface area contributed by atoms with Gasteiger partial charge in [-0.2, -0.15) is 0 Å². The number of H-pyrrole nitrogens is 2. The van der Waals surface area contributed by atoms with Crippen molar-refractivity contribution in [3.05, 3.63) is 32.3 Å². The summed E-state index contributed by atoms with van der Waals surface area (Å²) < 4.78 is 0. The minimum atomic E-state index is -0.736. The van der Waals surface area contributed by atoms with Crippen LogP contribution < -0.4 is 17.0 Å². The zero-order chi connectivity index (χ0) is 8.43. The molecule has 0 saturated heterocycles. The lowest BCUT2D eigenvalue weighted by molar-refractivity contribution is 1.06. The molecule has 56 valence electrons. The highest BCUT2D eigenvalue weighted by Gasteiger charge is 2.02. The van der Waals surface area contributed by atoms with Crippen LogP contribution in [0.3, 0.4) is 0 Å². The minimum absolute atomic E-state index is 0.223. The van der Waals surface area contributed by atoms with Gasteiger partial charge in [0.05, 0.1) is 0 Å². The summed E-state index contributed by atoms with van der Waals surface area (Å²) in [4.78, 5) is 28.0. The monoisotopic (exact) mass is 152 g/mol. The summed E-state index contributed by atoms with van der Waals surface area (Å²) in [6.45, 7) is 6.50. The Bertz CT molecular complexity index is 421. The van der Waals surface area contributed by atoms with E-state index >= 15 is 0 Å². The molecule has 0 aromatic carbocycles. The predicted molar refractivity (Wildman–Crippen MR) is 38.4 cm³/mol. The van der Waals surface area contributed by atoms with E-state index in [0.29, 0.717) is 0 Å². The van der Waals surface area contributed by atoms with Crippen molar-refractivity contribution in [3.8, 4) is 0 Å². The summed E-state index contributed by atoms with van der Waals surface area (Å²) in [5.74, 6) is -0.223. The van der Waals surface area contributed by atoms with Crippen LogP contribution in [0.5, 0.6) is 0 Å². The number of nitrogens with two attached hydrogens (primary N) is 1. The third kappa shape index (κ3) is 1.11. The molecule has 1 aromatic rings. The minimum Gasteiger partial charge on any atom is -0.402 e. The molecule has 0 saturated carbocycles. The Hall–Kier alpha value is -2.03. The Balaban J connectivity index is 3.66. The van der Waals surface area contributed by atoms with Gasteiger partial charge in [-0.3, -0.25) is 14.8 Å². The Morgan fingerprint density at radius 2 is 2.00 bits per heavy atom. The molecule has 0 amide bonds. The number of anilines is 1. The van der Waals surface area contributed by atoms with Gasteiger partial charge in [-0.25, -0.2) is 4.79 Å². The molecule has 0 unspecified atom stereocenters. The number of hydrogen-bond donors (Lipinski definition) is 3.